The van der Waals surface area contributed by atoms with E-state index in [0.29, 0.717) is 5.92 Å². The normalized spacial score (nSPS) is 27.8. The highest BCUT2D eigenvalue weighted by Gasteiger charge is 2.33. The van der Waals surface area contributed by atoms with Crippen molar-refractivity contribution in [2.75, 3.05) is 0 Å². The second-order valence-corrected chi connectivity index (χ2v) is 5.39. The molecule has 92 valence electrons. The summed E-state index contributed by atoms with van der Waals surface area (Å²) in [5, 5.41) is 0. The number of carbonyl (C=O) groups excluding carboxylic acids is 1. The first-order valence-electron chi connectivity index (χ1n) is 6.31. The molecule has 0 radical (unpaired) electrons. The van der Waals surface area contributed by atoms with Crippen LogP contribution in [0.2, 0.25) is 0 Å². The highest BCUT2D eigenvalue weighted by molar-refractivity contribution is 5.95. The fourth-order valence-electron chi connectivity index (χ4n) is 2.16. The largest absolute Gasteiger partial charge is 0.489 e. The average molecular weight is 232 g/mol. The van der Waals surface area contributed by atoms with E-state index in [9.17, 15) is 4.79 Å². The summed E-state index contributed by atoms with van der Waals surface area (Å²) in [6, 6.07) is 0. The first kappa shape index (κ1) is 12.2. The maximum absolute atomic E-state index is 12.1. The Morgan fingerprint density at radius 2 is 1.88 bits per heavy atom. The SMILES string of the molecule is CC(C)C1=CC2C(=O)C=C(C(C)C)OC2C=C1. The molecule has 0 fully saturated rings. The van der Waals surface area contributed by atoms with Crippen molar-refractivity contribution in [3.05, 3.63) is 35.6 Å². The van der Waals surface area contributed by atoms with Crippen LogP contribution in [0.15, 0.2) is 35.6 Å². The molecule has 17 heavy (non-hydrogen) atoms. The molecule has 2 atom stereocenters. The van der Waals surface area contributed by atoms with Gasteiger partial charge in [-0.2, -0.15) is 0 Å². The van der Waals surface area contributed by atoms with Gasteiger partial charge < -0.3 is 4.74 Å². The predicted octanol–water partition coefficient (Wildman–Crippen LogP) is 3.26. The molecular formula is C15H20O2. The second kappa shape index (κ2) is 4.52. The van der Waals surface area contributed by atoms with Gasteiger partial charge in [0, 0.05) is 12.0 Å². The van der Waals surface area contributed by atoms with Gasteiger partial charge in [0.1, 0.15) is 11.9 Å². The van der Waals surface area contributed by atoms with E-state index in [2.05, 4.69) is 26.0 Å². The molecule has 0 aromatic heterocycles. The Morgan fingerprint density at radius 3 is 2.47 bits per heavy atom. The zero-order valence-corrected chi connectivity index (χ0v) is 10.9. The molecular weight excluding hydrogens is 212 g/mol. The zero-order valence-electron chi connectivity index (χ0n) is 10.9. The van der Waals surface area contributed by atoms with Crippen molar-refractivity contribution >= 4 is 5.78 Å². The standard InChI is InChI=1S/C15H20O2/c1-9(2)11-5-6-14-12(7-11)13(16)8-15(17-14)10(3)4/h5-10,12,14H,1-4H3. The summed E-state index contributed by atoms with van der Waals surface area (Å²) >= 11 is 0. The monoisotopic (exact) mass is 232 g/mol. The number of carbonyl (C=O) groups is 1. The van der Waals surface area contributed by atoms with E-state index < -0.39 is 0 Å². The van der Waals surface area contributed by atoms with Gasteiger partial charge in [0.15, 0.2) is 5.78 Å². The summed E-state index contributed by atoms with van der Waals surface area (Å²) in [5.41, 5.74) is 1.23. The lowest BCUT2D eigenvalue weighted by atomic mass is 9.84. The summed E-state index contributed by atoms with van der Waals surface area (Å²) in [6.07, 6.45) is 7.73. The molecule has 2 aliphatic rings. The summed E-state index contributed by atoms with van der Waals surface area (Å²) < 4.78 is 5.86. The van der Waals surface area contributed by atoms with Gasteiger partial charge in [-0.15, -0.1) is 0 Å². The van der Waals surface area contributed by atoms with Crippen molar-refractivity contribution in [2.45, 2.75) is 33.8 Å². The summed E-state index contributed by atoms with van der Waals surface area (Å²) in [7, 11) is 0. The van der Waals surface area contributed by atoms with Crippen LogP contribution in [0.3, 0.4) is 0 Å². The van der Waals surface area contributed by atoms with E-state index >= 15 is 0 Å². The molecule has 0 N–H and O–H groups in total. The highest BCUT2D eigenvalue weighted by Crippen LogP contribution is 2.31. The lowest BCUT2D eigenvalue weighted by Gasteiger charge is -2.32. The van der Waals surface area contributed by atoms with E-state index in [4.69, 9.17) is 4.74 Å². The minimum atomic E-state index is -0.125. The quantitative estimate of drug-likeness (QED) is 0.730. The topological polar surface area (TPSA) is 26.3 Å². The molecule has 2 heteroatoms. The number of hydrogen-bond donors (Lipinski definition) is 0. The van der Waals surface area contributed by atoms with Crippen LogP contribution in [0, 0.1) is 17.8 Å². The van der Waals surface area contributed by atoms with Gasteiger partial charge in [-0.25, -0.2) is 0 Å². The van der Waals surface area contributed by atoms with Crippen LogP contribution in [0.4, 0.5) is 0 Å². The lowest BCUT2D eigenvalue weighted by Crippen LogP contribution is -2.34. The number of rotatable bonds is 2. The van der Waals surface area contributed by atoms with E-state index in [1.807, 2.05) is 19.9 Å². The molecule has 0 spiro atoms. The third-order valence-electron chi connectivity index (χ3n) is 3.33. The Hall–Kier alpha value is -1.31. The van der Waals surface area contributed by atoms with Crippen LogP contribution in [-0.4, -0.2) is 11.9 Å². The fourth-order valence-corrected chi connectivity index (χ4v) is 2.16. The molecule has 0 amide bonds. The van der Waals surface area contributed by atoms with Gasteiger partial charge in [0.05, 0.1) is 5.92 Å². The van der Waals surface area contributed by atoms with Gasteiger partial charge in [-0.05, 0) is 17.6 Å². The van der Waals surface area contributed by atoms with Crippen LogP contribution in [0.1, 0.15) is 27.7 Å². The van der Waals surface area contributed by atoms with E-state index in [1.165, 1.54) is 5.57 Å². The molecule has 2 rings (SSSR count). The van der Waals surface area contributed by atoms with Gasteiger partial charge >= 0.3 is 0 Å². The third-order valence-corrected chi connectivity index (χ3v) is 3.33. The van der Waals surface area contributed by atoms with Crippen LogP contribution in [0.25, 0.3) is 0 Å². The maximum atomic E-state index is 12.1. The van der Waals surface area contributed by atoms with Gasteiger partial charge in [0.25, 0.3) is 0 Å². The minimum Gasteiger partial charge on any atom is -0.489 e. The van der Waals surface area contributed by atoms with Crippen molar-refractivity contribution in [1.29, 1.82) is 0 Å². The molecule has 2 nitrogen and oxygen atoms in total. The third kappa shape index (κ3) is 2.36. The smallest absolute Gasteiger partial charge is 0.169 e. The summed E-state index contributed by atoms with van der Waals surface area (Å²) in [4.78, 5) is 12.1. The number of ketones is 1. The van der Waals surface area contributed by atoms with Crippen LogP contribution >= 0.6 is 0 Å². The van der Waals surface area contributed by atoms with E-state index in [-0.39, 0.29) is 23.7 Å². The summed E-state index contributed by atoms with van der Waals surface area (Å²) in [6.45, 7) is 8.36. The molecule has 0 aromatic rings. The molecule has 1 aliphatic carbocycles. The lowest BCUT2D eigenvalue weighted by molar-refractivity contribution is -0.121. The van der Waals surface area contributed by atoms with Crippen LogP contribution < -0.4 is 0 Å². The number of hydrogen-bond acceptors (Lipinski definition) is 2. The van der Waals surface area contributed by atoms with Gasteiger partial charge in [-0.1, -0.05) is 39.8 Å². The van der Waals surface area contributed by atoms with Crippen LogP contribution in [-0.2, 0) is 9.53 Å². The summed E-state index contributed by atoms with van der Waals surface area (Å²) in [5.74, 6) is 1.58. The Kier molecular flexibility index (Phi) is 3.23. The average Bonchev–Trinajstić information content (AvgIpc) is 2.28. The van der Waals surface area contributed by atoms with Crippen molar-refractivity contribution in [3.63, 3.8) is 0 Å². The Labute approximate surface area is 103 Å². The Balaban J connectivity index is 2.26. The van der Waals surface area contributed by atoms with Crippen LogP contribution in [0.5, 0.6) is 0 Å². The van der Waals surface area contributed by atoms with Gasteiger partial charge in [0.2, 0.25) is 0 Å². The van der Waals surface area contributed by atoms with Gasteiger partial charge in [-0.3, -0.25) is 4.79 Å². The van der Waals surface area contributed by atoms with Crippen molar-refractivity contribution in [1.82, 2.24) is 0 Å². The Bertz CT molecular complexity index is 411. The molecule has 0 saturated heterocycles. The second-order valence-electron chi connectivity index (χ2n) is 5.39. The number of allylic oxidation sites excluding steroid dienone is 4. The molecule has 2 unspecified atom stereocenters. The van der Waals surface area contributed by atoms with E-state index in [0.717, 1.165) is 5.76 Å². The fraction of sp³-hybridized carbons (Fsp3) is 0.533. The minimum absolute atomic E-state index is 0.104. The first-order chi connectivity index (χ1) is 7.99. The molecule has 0 aromatic carbocycles. The van der Waals surface area contributed by atoms with Crippen molar-refractivity contribution in [2.24, 2.45) is 17.8 Å². The molecule has 0 bridgehead atoms. The highest BCUT2D eigenvalue weighted by atomic mass is 16.5. The maximum Gasteiger partial charge on any atom is 0.169 e. The Morgan fingerprint density at radius 1 is 1.18 bits per heavy atom. The molecule has 0 saturated carbocycles. The first-order valence-corrected chi connectivity index (χ1v) is 6.31. The zero-order chi connectivity index (χ0) is 12.6. The molecule has 1 heterocycles. The number of ether oxygens (including phenoxy) is 1. The predicted molar refractivity (Wildman–Crippen MR) is 68.4 cm³/mol. The van der Waals surface area contributed by atoms with Crippen molar-refractivity contribution in [3.8, 4) is 0 Å². The van der Waals surface area contributed by atoms with E-state index in [1.54, 1.807) is 6.08 Å². The molecule has 1 aliphatic heterocycles. The number of fused-ring (bicyclic) bond motifs is 1. The van der Waals surface area contributed by atoms with Crippen molar-refractivity contribution < 1.29 is 9.53 Å².